The van der Waals surface area contributed by atoms with Crippen LogP contribution in [0.1, 0.15) is 23.9 Å². The summed E-state index contributed by atoms with van der Waals surface area (Å²) in [5.41, 5.74) is 3.82. The number of ether oxygens (including phenoxy) is 1. The fraction of sp³-hybridized carbons (Fsp3) is 0.667. The van der Waals surface area contributed by atoms with Crippen molar-refractivity contribution in [2.75, 3.05) is 6.61 Å². The maximum absolute atomic E-state index is 5.38. The van der Waals surface area contributed by atoms with Crippen LogP contribution in [0.25, 0.3) is 0 Å². The zero-order valence-electron chi connectivity index (χ0n) is 7.63. The van der Waals surface area contributed by atoms with Crippen LogP contribution >= 0.6 is 0 Å². The monoisotopic (exact) mass is 166 g/mol. The molecule has 0 saturated carbocycles. The molecule has 12 heavy (non-hydrogen) atoms. The van der Waals surface area contributed by atoms with E-state index in [1.165, 1.54) is 17.0 Å². The maximum Gasteiger partial charge on any atom is 0.0753 e. The van der Waals surface area contributed by atoms with Crippen LogP contribution in [-0.2, 0) is 24.3 Å². The highest BCUT2D eigenvalue weighted by Gasteiger charge is 2.17. The Kier molecular flexibility index (Phi) is 1.89. The van der Waals surface area contributed by atoms with Crippen LogP contribution < -0.4 is 0 Å². The van der Waals surface area contributed by atoms with Crippen molar-refractivity contribution in [1.82, 2.24) is 9.78 Å². The molecule has 0 aromatic carbocycles. The Hall–Kier alpha value is -0.830. The minimum absolute atomic E-state index is 0.751. The molecule has 1 aliphatic rings. The zero-order valence-corrected chi connectivity index (χ0v) is 7.63. The molecule has 3 heteroatoms. The van der Waals surface area contributed by atoms with E-state index in [1.54, 1.807) is 0 Å². The molecule has 0 N–H and O–H groups in total. The molecule has 0 fully saturated rings. The molecule has 0 amide bonds. The minimum atomic E-state index is 0.751. The lowest BCUT2D eigenvalue weighted by Crippen LogP contribution is -2.08. The average Bonchev–Trinajstić information content (AvgIpc) is 2.44. The second kappa shape index (κ2) is 2.90. The van der Waals surface area contributed by atoms with Gasteiger partial charge in [0.1, 0.15) is 0 Å². The van der Waals surface area contributed by atoms with Crippen LogP contribution in [0.4, 0.5) is 0 Å². The SMILES string of the molecule is CCn1nc2c(c1C)COCC2. The number of hydrogen-bond donors (Lipinski definition) is 0. The standard InChI is InChI=1S/C9H14N2O/c1-3-11-7(2)8-6-12-5-4-9(8)10-11/h3-6H2,1-2H3. The molecule has 0 radical (unpaired) electrons. The summed E-state index contributed by atoms with van der Waals surface area (Å²) in [7, 11) is 0. The molecule has 2 heterocycles. The topological polar surface area (TPSA) is 27.1 Å². The third kappa shape index (κ3) is 1.05. The maximum atomic E-state index is 5.38. The van der Waals surface area contributed by atoms with E-state index in [1.807, 2.05) is 0 Å². The fourth-order valence-corrected chi connectivity index (χ4v) is 1.69. The summed E-state index contributed by atoms with van der Waals surface area (Å²) in [6.07, 6.45) is 0.975. The van der Waals surface area contributed by atoms with E-state index in [0.717, 1.165) is 26.2 Å². The van der Waals surface area contributed by atoms with Crippen molar-refractivity contribution in [2.45, 2.75) is 33.4 Å². The molecule has 2 rings (SSSR count). The van der Waals surface area contributed by atoms with Gasteiger partial charge in [-0.15, -0.1) is 0 Å². The van der Waals surface area contributed by atoms with E-state index in [4.69, 9.17) is 4.74 Å². The molecular formula is C9H14N2O. The van der Waals surface area contributed by atoms with Gasteiger partial charge in [0.25, 0.3) is 0 Å². The molecule has 0 atom stereocenters. The summed E-state index contributed by atoms with van der Waals surface area (Å²) in [6, 6.07) is 0. The van der Waals surface area contributed by atoms with Crippen LogP contribution in [0.3, 0.4) is 0 Å². The molecule has 0 bridgehead atoms. The van der Waals surface area contributed by atoms with Gasteiger partial charge in [-0.05, 0) is 13.8 Å². The van der Waals surface area contributed by atoms with Gasteiger partial charge in [0.15, 0.2) is 0 Å². The van der Waals surface area contributed by atoms with E-state index in [2.05, 4.69) is 23.6 Å². The van der Waals surface area contributed by atoms with Gasteiger partial charge in [0, 0.05) is 24.2 Å². The summed E-state index contributed by atoms with van der Waals surface area (Å²) in [6.45, 7) is 6.77. The third-order valence-corrected chi connectivity index (χ3v) is 2.44. The van der Waals surface area contributed by atoms with Gasteiger partial charge in [-0.3, -0.25) is 4.68 Å². The summed E-state index contributed by atoms with van der Waals surface area (Å²) in [5, 5.41) is 4.51. The number of nitrogens with zero attached hydrogens (tertiary/aromatic N) is 2. The highest BCUT2D eigenvalue weighted by molar-refractivity contribution is 5.26. The fourth-order valence-electron chi connectivity index (χ4n) is 1.69. The zero-order chi connectivity index (χ0) is 8.55. The summed E-state index contributed by atoms with van der Waals surface area (Å²) >= 11 is 0. The Bertz CT molecular complexity index is 291. The molecule has 0 aliphatic carbocycles. The molecule has 0 saturated heterocycles. The smallest absolute Gasteiger partial charge is 0.0753 e. The van der Waals surface area contributed by atoms with Gasteiger partial charge in [-0.25, -0.2) is 0 Å². The normalized spacial score (nSPS) is 16.2. The van der Waals surface area contributed by atoms with Crippen LogP contribution in [0.5, 0.6) is 0 Å². The molecule has 3 nitrogen and oxygen atoms in total. The van der Waals surface area contributed by atoms with Crippen LogP contribution in [-0.4, -0.2) is 16.4 Å². The van der Waals surface area contributed by atoms with Gasteiger partial charge in [0.2, 0.25) is 0 Å². The first-order valence-electron chi connectivity index (χ1n) is 4.46. The van der Waals surface area contributed by atoms with Crippen LogP contribution in [0, 0.1) is 6.92 Å². The first kappa shape index (κ1) is 7.80. The second-order valence-electron chi connectivity index (χ2n) is 3.13. The van der Waals surface area contributed by atoms with Crippen molar-refractivity contribution >= 4 is 0 Å². The second-order valence-corrected chi connectivity index (χ2v) is 3.13. The number of aromatic nitrogens is 2. The Morgan fingerprint density at radius 3 is 3.08 bits per heavy atom. The van der Waals surface area contributed by atoms with E-state index in [0.29, 0.717) is 0 Å². The van der Waals surface area contributed by atoms with Gasteiger partial charge in [-0.2, -0.15) is 5.10 Å². The number of aryl methyl sites for hydroxylation is 1. The average molecular weight is 166 g/mol. The molecule has 0 spiro atoms. The van der Waals surface area contributed by atoms with Gasteiger partial charge < -0.3 is 4.74 Å². The predicted molar refractivity (Wildman–Crippen MR) is 46.0 cm³/mol. The van der Waals surface area contributed by atoms with E-state index in [9.17, 15) is 0 Å². The summed E-state index contributed by atoms with van der Waals surface area (Å²) in [4.78, 5) is 0. The van der Waals surface area contributed by atoms with Crippen molar-refractivity contribution in [3.05, 3.63) is 17.0 Å². The molecule has 0 unspecified atom stereocenters. The summed E-state index contributed by atoms with van der Waals surface area (Å²) < 4.78 is 7.44. The van der Waals surface area contributed by atoms with Crippen molar-refractivity contribution in [3.63, 3.8) is 0 Å². The highest BCUT2D eigenvalue weighted by atomic mass is 16.5. The van der Waals surface area contributed by atoms with Gasteiger partial charge >= 0.3 is 0 Å². The Balaban J connectivity index is 2.44. The molecule has 1 aromatic rings. The van der Waals surface area contributed by atoms with Crippen molar-refractivity contribution in [2.24, 2.45) is 0 Å². The van der Waals surface area contributed by atoms with E-state index < -0.39 is 0 Å². The highest BCUT2D eigenvalue weighted by Crippen LogP contribution is 2.19. The quantitative estimate of drug-likeness (QED) is 0.628. The number of fused-ring (bicyclic) bond motifs is 1. The summed E-state index contributed by atoms with van der Waals surface area (Å²) in [5.74, 6) is 0. The Morgan fingerprint density at radius 2 is 2.42 bits per heavy atom. The Morgan fingerprint density at radius 1 is 1.58 bits per heavy atom. The molecule has 1 aliphatic heterocycles. The molecular weight excluding hydrogens is 152 g/mol. The molecule has 1 aromatic heterocycles. The first-order chi connectivity index (χ1) is 5.83. The van der Waals surface area contributed by atoms with Crippen molar-refractivity contribution in [1.29, 1.82) is 0 Å². The predicted octanol–water partition coefficient (Wildman–Crippen LogP) is 1.28. The van der Waals surface area contributed by atoms with Gasteiger partial charge in [-0.1, -0.05) is 0 Å². The van der Waals surface area contributed by atoms with Crippen molar-refractivity contribution < 1.29 is 4.74 Å². The lowest BCUT2D eigenvalue weighted by Gasteiger charge is -2.10. The molecule has 66 valence electrons. The van der Waals surface area contributed by atoms with E-state index >= 15 is 0 Å². The van der Waals surface area contributed by atoms with Crippen LogP contribution in [0.15, 0.2) is 0 Å². The number of hydrogen-bond acceptors (Lipinski definition) is 2. The lowest BCUT2D eigenvalue weighted by atomic mass is 10.1. The largest absolute Gasteiger partial charge is 0.376 e. The van der Waals surface area contributed by atoms with E-state index in [-0.39, 0.29) is 0 Å². The van der Waals surface area contributed by atoms with Crippen LogP contribution in [0.2, 0.25) is 0 Å². The van der Waals surface area contributed by atoms with Crippen molar-refractivity contribution in [3.8, 4) is 0 Å². The Labute approximate surface area is 72.3 Å². The van der Waals surface area contributed by atoms with Gasteiger partial charge in [0.05, 0.1) is 18.9 Å². The first-order valence-corrected chi connectivity index (χ1v) is 4.46. The lowest BCUT2D eigenvalue weighted by molar-refractivity contribution is 0.110. The third-order valence-electron chi connectivity index (χ3n) is 2.44. The number of rotatable bonds is 1. The minimum Gasteiger partial charge on any atom is -0.376 e.